The lowest BCUT2D eigenvalue weighted by molar-refractivity contribution is -0.142. The quantitative estimate of drug-likeness (QED) is 0.0478. The van der Waals surface area contributed by atoms with Gasteiger partial charge in [0.2, 0.25) is 29.5 Å². The fraction of sp³-hybridized carbons (Fsp3) is 0.458. The highest BCUT2D eigenvalue weighted by Gasteiger charge is 2.31. The van der Waals surface area contributed by atoms with E-state index in [1.807, 2.05) is 0 Å². The lowest BCUT2D eigenvalue weighted by Gasteiger charge is -2.24. The third kappa shape index (κ3) is 13.2. The number of rotatable bonds is 18. The van der Waals surface area contributed by atoms with Gasteiger partial charge in [-0.1, -0.05) is 30.3 Å². The van der Waals surface area contributed by atoms with E-state index in [0.29, 0.717) is 12.0 Å². The van der Waals surface area contributed by atoms with Gasteiger partial charge in [0.25, 0.3) is 0 Å². The molecule has 0 aromatic heterocycles. The molecule has 0 radical (unpaired) electrons. The smallest absolute Gasteiger partial charge is 0.326 e. The van der Waals surface area contributed by atoms with Crippen molar-refractivity contribution >= 4 is 41.5 Å². The molecule has 4 unspecified atom stereocenters. The van der Waals surface area contributed by atoms with E-state index in [1.54, 1.807) is 30.3 Å². The third-order valence-electron chi connectivity index (χ3n) is 5.55. The topological polar surface area (TPSA) is 301 Å². The van der Waals surface area contributed by atoms with E-state index in [0.717, 1.165) is 0 Å². The number of carboxylic acid groups (broad SMARTS) is 1. The zero-order valence-corrected chi connectivity index (χ0v) is 21.9. The Hall–Kier alpha value is -4.73. The van der Waals surface area contributed by atoms with E-state index in [9.17, 15) is 33.9 Å². The molecule has 0 bridgehead atoms. The van der Waals surface area contributed by atoms with Crippen molar-refractivity contribution in [1.82, 2.24) is 16.0 Å². The van der Waals surface area contributed by atoms with Crippen LogP contribution < -0.4 is 44.6 Å². The minimum Gasteiger partial charge on any atom is -0.480 e. The Labute approximate surface area is 230 Å². The summed E-state index contributed by atoms with van der Waals surface area (Å²) in [7, 11) is 0. The Morgan fingerprint density at radius 3 is 1.90 bits per heavy atom. The summed E-state index contributed by atoms with van der Waals surface area (Å²) < 4.78 is 0. The van der Waals surface area contributed by atoms with Gasteiger partial charge < -0.3 is 49.7 Å². The molecule has 16 nitrogen and oxygen atoms in total. The van der Waals surface area contributed by atoms with Crippen molar-refractivity contribution in [3.8, 4) is 0 Å². The fourth-order valence-corrected chi connectivity index (χ4v) is 3.49. The molecular formula is C24H37N9O7. The molecule has 16 heteroatoms. The van der Waals surface area contributed by atoms with Gasteiger partial charge in [-0.25, -0.2) is 4.79 Å². The first-order valence-corrected chi connectivity index (χ1v) is 12.4. The van der Waals surface area contributed by atoms with Crippen LogP contribution in [0, 0.1) is 0 Å². The van der Waals surface area contributed by atoms with Gasteiger partial charge in [-0.15, -0.1) is 0 Å². The number of hydrogen-bond acceptors (Lipinski definition) is 8. The van der Waals surface area contributed by atoms with E-state index < -0.39 is 66.1 Å². The van der Waals surface area contributed by atoms with Crippen LogP contribution in [0.1, 0.15) is 37.7 Å². The second-order valence-corrected chi connectivity index (χ2v) is 8.94. The Morgan fingerprint density at radius 1 is 0.775 bits per heavy atom. The molecule has 0 aliphatic rings. The number of aliphatic imine (C=N–C) groups is 1. The van der Waals surface area contributed by atoms with Crippen LogP contribution >= 0.6 is 0 Å². The number of benzene rings is 1. The van der Waals surface area contributed by atoms with Crippen molar-refractivity contribution < 1.29 is 33.9 Å². The van der Waals surface area contributed by atoms with Crippen LogP contribution in [0.5, 0.6) is 0 Å². The number of aliphatic carboxylic acids is 1. The number of hydrogen-bond donors (Lipinski definition) is 9. The van der Waals surface area contributed by atoms with Gasteiger partial charge in [-0.2, -0.15) is 0 Å². The highest BCUT2D eigenvalue weighted by molar-refractivity contribution is 5.96. The summed E-state index contributed by atoms with van der Waals surface area (Å²) in [4.78, 5) is 77.0. The average molecular weight is 564 g/mol. The van der Waals surface area contributed by atoms with Gasteiger partial charge in [0.15, 0.2) is 5.96 Å². The SMILES string of the molecule is NC(=O)CCC(NC(=O)C(CC(N)=O)NC(=O)C(N)CCCN=C(N)N)C(=O)NC(Cc1ccccc1)C(=O)O. The number of primary amides is 2. The molecule has 14 N–H and O–H groups in total. The molecule has 1 aromatic carbocycles. The van der Waals surface area contributed by atoms with Crippen LogP contribution in [-0.4, -0.2) is 77.3 Å². The molecule has 1 rings (SSSR count). The van der Waals surface area contributed by atoms with Crippen LogP contribution in [0.2, 0.25) is 0 Å². The summed E-state index contributed by atoms with van der Waals surface area (Å²) in [6, 6.07) is 3.11. The molecule has 0 aliphatic carbocycles. The second-order valence-electron chi connectivity index (χ2n) is 8.94. The predicted octanol–water partition coefficient (Wildman–Crippen LogP) is -3.71. The van der Waals surface area contributed by atoms with Crippen molar-refractivity contribution in [1.29, 1.82) is 0 Å². The van der Waals surface area contributed by atoms with Gasteiger partial charge in [0.05, 0.1) is 12.5 Å². The summed E-state index contributed by atoms with van der Waals surface area (Å²) in [6.45, 7) is 0.215. The number of nitrogens with zero attached hydrogens (tertiary/aromatic N) is 1. The summed E-state index contributed by atoms with van der Waals surface area (Å²) in [6.07, 6.45) is -0.806. The number of carboxylic acids is 1. The maximum atomic E-state index is 13.0. The zero-order valence-electron chi connectivity index (χ0n) is 21.9. The first kappa shape index (κ1) is 33.3. The zero-order chi connectivity index (χ0) is 30.2. The van der Waals surface area contributed by atoms with Crippen molar-refractivity contribution in [2.24, 2.45) is 33.7 Å². The highest BCUT2D eigenvalue weighted by Crippen LogP contribution is 2.07. The van der Waals surface area contributed by atoms with E-state index in [-0.39, 0.29) is 38.2 Å². The van der Waals surface area contributed by atoms with E-state index in [4.69, 9.17) is 28.7 Å². The van der Waals surface area contributed by atoms with Gasteiger partial charge >= 0.3 is 5.97 Å². The maximum absolute atomic E-state index is 13.0. The normalized spacial score (nSPS) is 13.5. The van der Waals surface area contributed by atoms with Crippen LogP contribution in [0.15, 0.2) is 35.3 Å². The monoisotopic (exact) mass is 563 g/mol. The van der Waals surface area contributed by atoms with E-state index >= 15 is 0 Å². The summed E-state index contributed by atoms with van der Waals surface area (Å²) in [5.41, 5.74) is 27.4. The Kier molecular flexibility index (Phi) is 14.1. The van der Waals surface area contributed by atoms with E-state index in [1.165, 1.54) is 0 Å². The lowest BCUT2D eigenvalue weighted by Crippen LogP contribution is -2.58. The molecule has 4 atom stereocenters. The molecule has 0 saturated heterocycles. The molecule has 0 spiro atoms. The molecular weight excluding hydrogens is 526 g/mol. The van der Waals surface area contributed by atoms with Crippen molar-refractivity contribution in [3.63, 3.8) is 0 Å². The van der Waals surface area contributed by atoms with Crippen LogP contribution in [0.4, 0.5) is 0 Å². The number of amides is 5. The molecule has 0 aliphatic heterocycles. The van der Waals surface area contributed by atoms with Crippen molar-refractivity contribution in [2.75, 3.05) is 6.54 Å². The van der Waals surface area contributed by atoms with E-state index in [2.05, 4.69) is 20.9 Å². The standard InChI is InChI=1S/C24H37N9O7/c25-14(7-4-10-30-24(28)29)20(36)32-16(12-19(27)35)22(38)31-15(8-9-18(26)34)21(37)33-17(23(39)40)11-13-5-2-1-3-6-13/h1-3,5-6,14-17H,4,7-12,25H2,(H2,26,34)(H2,27,35)(H,31,38)(H,32,36)(H,33,37)(H,39,40)(H4,28,29,30). The first-order valence-electron chi connectivity index (χ1n) is 12.4. The number of nitrogens with one attached hydrogen (secondary N) is 3. The number of carbonyl (C=O) groups excluding carboxylic acids is 5. The predicted molar refractivity (Wildman–Crippen MR) is 144 cm³/mol. The minimum atomic E-state index is -1.52. The second kappa shape index (κ2) is 17.0. The van der Waals surface area contributed by atoms with Crippen LogP contribution in [-0.2, 0) is 35.2 Å². The molecule has 0 heterocycles. The molecule has 0 saturated carbocycles. The Morgan fingerprint density at radius 2 is 1.35 bits per heavy atom. The summed E-state index contributed by atoms with van der Waals surface area (Å²) in [5, 5.41) is 16.6. The number of carbonyl (C=O) groups is 6. The van der Waals surface area contributed by atoms with Gasteiger partial charge in [-0.05, 0) is 24.8 Å². The molecule has 40 heavy (non-hydrogen) atoms. The Bertz CT molecular complexity index is 1080. The van der Waals surface area contributed by atoms with Gasteiger partial charge in [0.1, 0.15) is 18.1 Å². The highest BCUT2D eigenvalue weighted by atomic mass is 16.4. The minimum absolute atomic E-state index is 0.0557. The van der Waals surface area contributed by atoms with Gasteiger partial charge in [-0.3, -0.25) is 29.0 Å². The summed E-state index contributed by atoms with van der Waals surface area (Å²) >= 11 is 0. The number of nitrogens with two attached hydrogens (primary N) is 5. The van der Waals surface area contributed by atoms with Crippen LogP contribution in [0.3, 0.4) is 0 Å². The van der Waals surface area contributed by atoms with Crippen molar-refractivity contribution in [3.05, 3.63) is 35.9 Å². The van der Waals surface area contributed by atoms with Crippen LogP contribution in [0.25, 0.3) is 0 Å². The first-order chi connectivity index (χ1) is 18.8. The van der Waals surface area contributed by atoms with Gasteiger partial charge in [0, 0.05) is 19.4 Å². The Balaban J connectivity index is 2.98. The molecule has 5 amide bonds. The molecule has 0 fully saturated rings. The molecule has 1 aromatic rings. The van der Waals surface area contributed by atoms with Crippen molar-refractivity contribution in [2.45, 2.75) is 62.7 Å². The lowest BCUT2D eigenvalue weighted by atomic mass is 10.0. The average Bonchev–Trinajstić information content (AvgIpc) is 2.87. The third-order valence-corrected chi connectivity index (χ3v) is 5.55. The number of guanidine groups is 1. The molecule has 220 valence electrons. The summed E-state index contributed by atoms with van der Waals surface area (Å²) in [5.74, 6) is -5.85. The maximum Gasteiger partial charge on any atom is 0.326 e. The largest absolute Gasteiger partial charge is 0.480 e. The fourth-order valence-electron chi connectivity index (χ4n) is 3.49.